The SMILES string of the molecule is CC(C)CC(NC(=O)C(CCCCN)NC(=O)C(CCC(N)=O)NC(=O)C(C)N)C(=O)O. The number of hydrogen-bond acceptors (Lipinski definition) is 7. The zero-order chi connectivity index (χ0) is 24.8. The first-order chi connectivity index (χ1) is 14.9. The molecule has 0 saturated carbocycles. The molecule has 32 heavy (non-hydrogen) atoms. The monoisotopic (exact) mass is 458 g/mol. The second kappa shape index (κ2) is 15.1. The van der Waals surface area contributed by atoms with Crippen LogP contribution >= 0.6 is 0 Å². The van der Waals surface area contributed by atoms with Crippen molar-refractivity contribution >= 4 is 29.6 Å². The lowest BCUT2D eigenvalue weighted by Gasteiger charge is -2.25. The second-order valence-electron chi connectivity index (χ2n) is 8.23. The Hall–Kier alpha value is -2.73. The third kappa shape index (κ3) is 12.2. The fraction of sp³-hybridized carbons (Fsp3) is 0.750. The molecule has 0 bridgehead atoms. The first-order valence-electron chi connectivity index (χ1n) is 10.8. The van der Waals surface area contributed by atoms with Crippen LogP contribution in [0.15, 0.2) is 0 Å². The Bertz CT molecular complexity index is 654. The van der Waals surface area contributed by atoms with Gasteiger partial charge in [-0.05, 0) is 51.5 Å². The van der Waals surface area contributed by atoms with Gasteiger partial charge in [-0.1, -0.05) is 13.8 Å². The molecule has 0 radical (unpaired) electrons. The summed E-state index contributed by atoms with van der Waals surface area (Å²) in [5.74, 6) is -3.79. The van der Waals surface area contributed by atoms with E-state index in [0.717, 1.165) is 0 Å². The van der Waals surface area contributed by atoms with E-state index in [1.807, 2.05) is 13.8 Å². The molecule has 0 saturated heterocycles. The maximum Gasteiger partial charge on any atom is 0.326 e. The Morgan fingerprint density at radius 1 is 0.812 bits per heavy atom. The van der Waals surface area contributed by atoms with Crippen molar-refractivity contribution in [1.82, 2.24) is 16.0 Å². The highest BCUT2D eigenvalue weighted by molar-refractivity contribution is 5.94. The van der Waals surface area contributed by atoms with Crippen LogP contribution in [-0.4, -0.2) is 65.4 Å². The van der Waals surface area contributed by atoms with Crippen molar-refractivity contribution in [3.63, 3.8) is 0 Å². The molecule has 10 N–H and O–H groups in total. The minimum absolute atomic E-state index is 0.0216. The second-order valence-corrected chi connectivity index (χ2v) is 8.23. The lowest BCUT2D eigenvalue weighted by atomic mass is 10.0. The van der Waals surface area contributed by atoms with Crippen molar-refractivity contribution in [1.29, 1.82) is 0 Å². The third-order valence-electron chi connectivity index (χ3n) is 4.63. The lowest BCUT2D eigenvalue weighted by Crippen LogP contribution is -2.57. The van der Waals surface area contributed by atoms with Crippen molar-refractivity contribution in [2.45, 2.75) is 83.5 Å². The van der Waals surface area contributed by atoms with E-state index in [2.05, 4.69) is 16.0 Å². The van der Waals surface area contributed by atoms with Crippen LogP contribution in [0.3, 0.4) is 0 Å². The molecule has 12 nitrogen and oxygen atoms in total. The number of hydrogen-bond donors (Lipinski definition) is 7. The van der Waals surface area contributed by atoms with Gasteiger partial charge in [0.1, 0.15) is 18.1 Å². The van der Waals surface area contributed by atoms with Gasteiger partial charge in [-0.15, -0.1) is 0 Å². The van der Waals surface area contributed by atoms with Crippen molar-refractivity contribution in [2.24, 2.45) is 23.1 Å². The van der Waals surface area contributed by atoms with E-state index in [9.17, 15) is 29.1 Å². The molecule has 0 fully saturated rings. The molecule has 0 aromatic rings. The van der Waals surface area contributed by atoms with E-state index in [0.29, 0.717) is 19.4 Å². The van der Waals surface area contributed by atoms with Gasteiger partial charge in [0.2, 0.25) is 23.6 Å². The summed E-state index contributed by atoms with van der Waals surface area (Å²) in [7, 11) is 0. The lowest BCUT2D eigenvalue weighted by molar-refractivity contribution is -0.142. The zero-order valence-electron chi connectivity index (χ0n) is 19.1. The number of aliphatic carboxylic acids is 1. The molecule has 0 aliphatic rings. The van der Waals surface area contributed by atoms with E-state index >= 15 is 0 Å². The number of nitrogens with two attached hydrogens (primary N) is 3. The zero-order valence-corrected chi connectivity index (χ0v) is 19.1. The van der Waals surface area contributed by atoms with Crippen LogP contribution in [0.2, 0.25) is 0 Å². The predicted octanol–water partition coefficient (Wildman–Crippen LogP) is -1.69. The van der Waals surface area contributed by atoms with Crippen LogP contribution in [0, 0.1) is 5.92 Å². The fourth-order valence-corrected chi connectivity index (χ4v) is 2.86. The van der Waals surface area contributed by atoms with Crippen molar-refractivity contribution < 1.29 is 29.1 Å². The molecule has 0 rings (SSSR count). The van der Waals surface area contributed by atoms with Crippen LogP contribution in [0.5, 0.6) is 0 Å². The van der Waals surface area contributed by atoms with Gasteiger partial charge in [0.25, 0.3) is 0 Å². The Morgan fingerprint density at radius 2 is 1.31 bits per heavy atom. The molecule has 0 spiro atoms. The van der Waals surface area contributed by atoms with Gasteiger partial charge in [-0.2, -0.15) is 0 Å². The van der Waals surface area contributed by atoms with Gasteiger partial charge in [0.05, 0.1) is 6.04 Å². The molecule has 0 aromatic heterocycles. The van der Waals surface area contributed by atoms with Crippen molar-refractivity contribution in [2.75, 3.05) is 6.54 Å². The smallest absolute Gasteiger partial charge is 0.326 e. The van der Waals surface area contributed by atoms with E-state index < -0.39 is 53.8 Å². The Labute approximate surface area is 188 Å². The van der Waals surface area contributed by atoms with E-state index in [1.54, 1.807) is 0 Å². The highest BCUT2D eigenvalue weighted by atomic mass is 16.4. The number of carbonyl (C=O) groups excluding carboxylic acids is 4. The summed E-state index contributed by atoms with van der Waals surface area (Å²) in [6.45, 7) is 5.47. The summed E-state index contributed by atoms with van der Waals surface area (Å²) in [6, 6.07) is -4.20. The largest absolute Gasteiger partial charge is 0.480 e. The molecule has 0 heterocycles. The molecule has 0 aliphatic heterocycles. The quantitative estimate of drug-likeness (QED) is 0.132. The molecule has 4 atom stereocenters. The van der Waals surface area contributed by atoms with Crippen LogP contribution in [-0.2, 0) is 24.0 Å². The molecular weight excluding hydrogens is 420 g/mol. The van der Waals surface area contributed by atoms with Gasteiger partial charge in [0, 0.05) is 6.42 Å². The van der Waals surface area contributed by atoms with E-state index in [4.69, 9.17) is 17.2 Å². The maximum absolute atomic E-state index is 12.8. The van der Waals surface area contributed by atoms with Gasteiger partial charge in [-0.3, -0.25) is 19.2 Å². The van der Waals surface area contributed by atoms with Gasteiger partial charge in [0.15, 0.2) is 0 Å². The summed E-state index contributed by atoms with van der Waals surface area (Å²) in [4.78, 5) is 60.2. The minimum Gasteiger partial charge on any atom is -0.480 e. The molecule has 4 unspecified atom stereocenters. The van der Waals surface area contributed by atoms with Crippen molar-refractivity contribution in [3.8, 4) is 0 Å². The summed E-state index contributed by atoms with van der Waals surface area (Å²) in [6.07, 6.45) is 1.29. The minimum atomic E-state index is -1.18. The molecule has 4 amide bonds. The number of nitrogens with one attached hydrogen (secondary N) is 3. The summed E-state index contributed by atoms with van der Waals surface area (Å²) < 4.78 is 0. The van der Waals surface area contributed by atoms with Gasteiger partial charge >= 0.3 is 5.97 Å². The van der Waals surface area contributed by atoms with Gasteiger partial charge in [-0.25, -0.2) is 4.79 Å². The van der Waals surface area contributed by atoms with E-state index in [-0.39, 0.29) is 31.6 Å². The van der Waals surface area contributed by atoms with Crippen LogP contribution in [0.25, 0.3) is 0 Å². The maximum atomic E-state index is 12.8. The third-order valence-corrected chi connectivity index (χ3v) is 4.63. The number of primary amides is 1. The van der Waals surface area contributed by atoms with Crippen LogP contribution < -0.4 is 33.2 Å². The summed E-state index contributed by atoms with van der Waals surface area (Å²) in [5.41, 5.74) is 16.2. The van der Waals surface area contributed by atoms with Crippen molar-refractivity contribution in [3.05, 3.63) is 0 Å². The highest BCUT2D eigenvalue weighted by Crippen LogP contribution is 2.08. The topological polar surface area (TPSA) is 220 Å². The van der Waals surface area contributed by atoms with E-state index in [1.165, 1.54) is 6.92 Å². The number of unbranched alkanes of at least 4 members (excludes halogenated alkanes) is 1. The number of carboxylic acids is 1. The summed E-state index contributed by atoms with van der Waals surface area (Å²) >= 11 is 0. The Balaban J connectivity index is 5.47. The fourth-order valence-electron chi connectivity index (χ4n) is 2.86. The molecular formula is C20H38N6O6. The van der Waals surface area contributed by atoms with Crippen LogP contribution in [0.4, 0.5) is 0 Å². The summed E-state index contributed by atoms with van der Waals surface area (Å²) in [5, 5.41) is 16.8. The average Bonchev–Trinajstić information content (AvgIpc) is 2.68. The number of amides is 4. The standard InChI is InChI=1S/C20H38N6O6/c1-11(2)10-15(20(31)32)26-18(29)13(6-4-5-9-21)25-19(30)14(7-8-16(23)27)24-17(28)12(3)22/h11-15H,4-10,21-22H2,1-3H3,(H2,23,27)(H,24,28)(H,25,30)(H,26,29)(H,31,32). The van der Waals surface area contributed by atoms with Crippen LogP contribution in [0.1, 0.15) is 59.3 Å². The first-order valence-corrected chi connectivity index (χ1v) is 10.8. The Kier molecular flexibility index (Phi) is 13.8. The molecule has 12 heteroatoms. The average molecular weight is 459 g/mol. The normalized spacial score (nSPS) is 14.7. The number of carbonyl (C=O) groups is 5. The molecule has 184 valence electrons. The first kappa shape index (κ1) is 29.3. The number of rotatable bonds is 16. The number of carboxylic acid groups (broad SMARTS) is 1. The Morgan fingerprint density at radius 3 is 1.75 bits per heavy atom. The molecule has 0 aliphatic carbocycles. The predicted molar refractivity (Wildman–Crippen MR) is 118 cm³/mol. The molecule has 0 aromatic carbocycles. The van der Waals surface area contributed by atoms with Gasteiger partial charge < -0.3 is 38.3 Å². The highest BCUT2D eigenvalue weighted by Gasteiger charge is 2.30.